The van der Waals surface area contributed by atoms with Crippen LogP contribution in [0.3, 0.4) is 0 Å². The van der Waals surface area contributed by atoms with Gasteiger partial charge in [0.1, 0.15) is 11.9 Å². The second kappa shape index (κ2) is 15.6. The molecule has 0 aliphatic carbocycles. The van der Waals surface area contributed by atoms with Gasteiger partial charge in [0.05, 0.1) is 0 Å². The molecule has 0 saturated heterocycles. The zero-order valence-electron chi connectivity index (χ0n) is 19.7. The Morgan fingerprint density at radius 3 is 0.622 bits per heavy atom. The second-order valence-electron chi connectivity index (χ2n) is 5.91. The van der Waals surface area contributed by atoms with Crippen LogP contribution in [0.1, 0.15) is 41.5 Å². The van der Waals surface area contributed by atoms with Crippen molar-refractivity contribution < 1.29 is 103 Å². The maximum Gasteiger partial charge on any atom is 2.00 e. The summed E-state index contributed by atoms with van der Waals surface area (Å²) >= 11 is 0. The molecule has 0 heterocycles. The number of aliphatic carboxylic acids is 2. The Morgan fingerprint density at radius 2 is 0.541 bits per heavy atom. The van der Waals surface area contributed by atoms with E-state index in [1.165, 1.54) is 0 Å². The molecule has 0 bridgehead atoms. The van der Waals surface area contributed by atoms with E-state index in [9.17, 15) is 58.2 Å². The van der Waals surface area contributed by atoms with E-state index >= 15 is 0 Å². The number of hydrogen-bond acceptors (Lipinski definition) is 18. The van der Waals surface area contributed by atoms with Crippen molar-refractivity contribution in [3.63, 3.8) is 0 Å². The molecule has 0 amide bonds. The molecule has 0 atom stereocenters. The topological polar surface area (TPSA) is 272 Å². The van der Waals surface area contributed by atoms with Crippen LogP contribution < -0.4 is 10.2 Å². The third kappa shape index (κ3) is 13.3. The van der Waals surface area contributed by atoms with Crippen LogP contribution in [0.4, 0.5) is 0 Å². The number of carbonyl (C=O) groups excluding carboxylic acids is 10. The van der Waals surface area contributed by atoms with Gasteiger partial charge in [-0.3, -0.25) is 38.4 Å². The average molecular weight is 581 g/mol. The fourth-order valence-electron chi connectivity index (χ4n) is 1.79. The molecule has 0 aromatic carbocycles. The molecule has 0 aliphatic rings. The van der Waals surface area contributed by atoms with Crippen LogP contribution >= 0.6 is 0 Å². The third-order valence-corrected chi connectivity index (χ3v) is 2.60. The predicted molar refractivity (Wildman–Crippen MR) is 96.1 cm³/mol. The number of hydrogen-bond donors (Lipinski definition) is 0. The maximum atomic E-state index is 11.3. The predicted octanol–water partition coefficient (Wildman–Crippen LogP) is -4.71. The van der Waals surface area contributed by atoms with Crippen LogP contribution in [0.25, 0.3) is 0 Å². The van der Waals surface area contributed by atoms with Gasteiger partial charge in [0.25, 0.3) is 0 Å². The molecule has 207 valence electrons. The Balaban J connectivity index is -0.000000608. The Bertz CT molecular complexity index is 820. The summed E-state index contributed by atoms with van der Waals surface area (Å²) in [5.74, 6) is -22.7. The van der Waals surface area contributed by atoms with Gasteiger partial charge in [0, 0.05) is 41.5 Å². The van der Waals surface area contributed by atoms with Crippen molar-refractivity contribution in [2.75, 3.05) is 0 Å². The molecule has 0 rings (SSSR count). The maximum absolute atomic E-state index is 11.3. The number of carboxylic acid groups (broad SMARTS) is 2. The normalized spacial score (nSPS) is 9.89. The zero-order valence-corrected chi connectivity index (χ0v) is 20.7. The summed E-state index contributed by atoms with van der Waals surface area (Å²) in [6, 6.07) is 0. The van der Waals surface area contributed by atoms with E-state index in [4.69, 9.17) is 0 Å². The van der Waals surface area contributed by atoms with Gasteiger partial charge in [-0.25, -0.2) is 0 Å². The van der Waals surface area contributed by atoms with E-state index in [-0.39, 0.29) is 16.8 Å². The van der Waals surface area contributed by atoms with Crippen molar-refractivity contribution in [3.05, 3.63) is 0 Å². The molecular weight excluding hydrogens is 563 g/mol. The second-order valence-corrected chi connectivity index (χ2v) is 5.91. The standard InChI is InChI=1S/2C9H10O9.Co/c2*1-4(10)16-9(17-5(2)11,18-6(3)12)7(13)8(14)15;/h2*1-3H3,(H,14,15);/q;;+2/p-2. The Morgan fingerprint density at radius 1 is 0.405 bits per heavy atom. The number of ketones is 2. The van der Waals surface area contributed by atoms with Crippen LogP contribution in [0, 0.1) is 0 Å². The Kier molecular flexibility index (Phi) is 15.6. The van der Waals surface area contributed by atoms with Gasteiger partial charge in [-0.15, -0.1) is 0 Å². The fourth-order valence-corrected chi connectivity index (χ4v) is 1.79. The van der Waals surface area contributed by atoms with Crippen molar-refractivity contribution >= 4 is 59.3 Å². The van der Waals surface area contributed by atoms with Crippen LogP contribution in [0.5, 0.6) is 0 Å². The van der Waals surface area contributed by atoms with E-state index in [1.807, 2.05) is 0 Å². The van der Waals surface area contributed by atoms with Crippen molar-refractivity contribution in [2.24, 2.45) is 0 Å². The molecular formula is C18H18CoO18. The van der Waals surface area contributed by atoms with E-state index < -0.39 is 71.3 Å². The van der Waals surface area contributed by atoms with Crippen molar-refractivity contribution in [2.45, 2.75) is 53.5 Å². The summed E-state index contributed by atoms with van der Waals surface area (Å²) in [5.41, 5.74) is 0. The zero-order chi connectivity index (χ0) is 29.0. The van der Waals surface area contributed by atoms with Crippen LogP contribution in [-0.4, -0.2) is 71.3 Å². The summed E-state index contributed by atoms with van der Waals surface area (Å²) in [5, 5.41) is 20.9. The molecule has 0 aliphatic heterocycles. The summed E-state index contributed by atoms with van der Waals surface area (Å²) in [6.07, 6.45) is 0. The average Bonchev–Trinajstić information content (AvgIpc) is 2.63. The van der Waals surface area contributed by atoms with E-state index in [2.05, 4.69) is 28.4 Å². The molecule has 0 N–H and O–H groups in total. The van der Waals surface area contributed by atoms with E-state index in [1.54, 1.807) is 0 Å². The number of esters is 6. The van der Waals surface area contributed by atoms with Gasteiger partial charge in [-0.2, -0.15) is 0 Å². The van der Waals surface area contributed by atoms with Crippen LogP contribution in [-0.2, 0) is 93.1 Å². The molecule has 0 unspecified atom stereocenters. The molecule has 37 heavy (non-hydrogen) atoms. The first-order valence-electron chi connectivity index (χ1n) is 8.90. The molecule has 0 spiro atoms. The number of Topliss-reactive ketones (excluding diaryl/α,β-unsaturated/α-hetero) is 2. The van der Waals surface area contributed by atoms with Crippen LogP contribution in [0.2, 0.25) is 0 Å². The van der Waals surface area contributed by atoms with Gasteiger partial charge < -0.3 is 48.2 Å². The molecule has 0 saturated carbocycles. The monoisotopic (exact) mass is 581 g/mol. The first kappa shape index (κ1) is 37.2. The number of carboxylic acids is 2. The van der Waals surface area contributed by atoms with Crippen molar-refractivity contribution in [1.82, 2.24) is 0 Å². The molecule has 0 aromatic rings. The Labute approximate surface area is 216 Å². The Hall–Kier alpha value is -4.39. The molecule has 1 radical (unpaired) electrons. The first-order chi connectivity index (χ1) is 16.2. The first-order valence-corrected chi connectivity index (χ1v) is 8.90. The van der Waals surface area contributed by atoms with Gasteiger partial charge in [-0.1, -0.05) is 0 Å². The SMILES string of the molecule is CC(=O)OC(OC(C)=O)(OC(C)=O)C(=O)C(=O)[O-].CC(=O)OC(OC(C)=O)(OC(C)=O)C(=O)C(=O)[O-].[Co+2]. The van der Waals surface area contributed by atoms with Crippen LogP contribution in [0.15, 0.2) is 0 Å². The van der Waals surface area contributed by atoms with Gasteiger partial charge >= 0.3 is 76.1 Å². The summed E-state index contributed by atoms with van der Waals surface area (Å²) in [4.78, 5) is 108. The van der Waals surface area contributed by atoms with Gasteiger partial charge in [0.15, 0.2) is 0 Å². The molecule has 18 nitrogen and oxygen atoms in total. The minimum absolute atomic E-state index is 0. The quantitative estimate of drug-likeness (QED) is 0.133. The van der Waals surface area contributed by atoms with E-state index in [0.717, 1.165) is 41.5 Å². The number of ether oxygens (including phenoxy) is 6. The summed E-state index contributed by atoms with van der Waals surface area (Å²) in [7, 11) is 0. The smallest absolute Gasteiger partial charge is 0.541 e. The molecule has 19 heteroatoms. The number of carbonyl (C=O) groups is 10. The summed E-state index contributed by atoms with van der Waals surface area (Å²) in [6.45, 7) is 4.69. The molecule has 0 fully saturated rings. The minimum atomic E-state index is -3.30. The van der Waals surface area contributed by atoms with Crippen molar-refractivity contribution in [1.29, 1.82) is 0 Å². The van der Waals surface area contributed by atoms with Gasteiger partial charge in [0.2, 0.25) is 0 Å². The van der Waals surface area contributed by atoms with E-state index in [0.29, 0.717) is 0 Å². The van der Waals surface area contributed by atoms with Crippen molar-refractivity contribution in [3.8, 4) is 0 Å². The minimum Gasteiger partial charge on any atom is -0.541 e. The third-order valence-electron chi connectivity index (χ3n) is 2.60. The molecule has 0 aromatic heterocycles. The largest absolute Gasteiger partial charge is 2.00 e. The fraction of sp³-hybridized carbons (Fsp3) is 0.444. The number of rotatable bonds is 10. The summed E-state index contributed by atoms with van der Waals surface area (Å²) < 4.78 is 25.1. The van der Waals surface area contributed by atoms with Gasteiger partial charge in [-0.05, 0) is 0 Å².